The van der Waals surface area contributed by atoms with E-state index in [1.165, 1.54) is 11.3 Å². The van der Waals surface area contributed by atoms with Crippen LogP contribution < -0.4 is 5.32 Å². The van der Waals surface area contributed by atoms with Gasteiger partial charge in [0, 0.05) is 29.3 Å². The Kier molecular flexibility index (Phi) is 4.54. The van der Waals surface area contributed by atoms with Crippen molar-refractivity contribution < 1.29 is 4.74 Å². The first-order chi connectivity index (χ1) is 12.5. The summed E-state index contributed by atoms with van der Waals surface area (Å²) >= 11 is 6.48. The van der Waals surface area contributed by atoms with Crippen molar-refractivity contribution in [2.45, 2.75) is 38.6 Å². The largest absolute Gasteiger partial charge is 0.381 e. The Labute approximate surface area is 160 Å². The van der Waals surface area contributed by atoms with Crippen LogP contribution in [0.5, 0.6) is 0 Å². The number of nitrogens with zero attached hydrogens (tertiary/aromatic N) is 1. The van der Waals surface area contributed by atoms with Gasteiger partial charge in [-0.05, 0) is 56.4 Å². The van der Waals surface area contributed by atoms with Gasteiger partial charge in [0.15, 0.2) is 0 Å². The molecule has 2 aliphatic heterocycles. The maximum atomic E-state index is 6.48. The monoisotopic (exact) mass is 368 g/mol. The number of ether oxygens (including phenoxy) is 1. The van der Waals surface area contributed by atoms with Crippen LogP contribution in [0.25, 0.3) is 0 Å². The molecule has 26 heavy (non-hydrogen) atoms. The minimum absolute atomic E-state index is 0.0190. The Bertz CT molecular complexity index is 838. The summed E-state index contributed by atoms with van der Waals surface area (Å²) in [5.41, 5.74) is 3.20. The first-order valence-electron chi connectivity index (χ1n) is 9.28. The molecule has 1 spiro atoms. The normalized spacial score (nSPS) is 20.7. The fourth-order valence-electron chi connectivity index (χ4n) is 4.12. The van der Waals surface area contributed by atoms with E-state index in [1.54, 1.807) is 0 Å². The van der Waals surface area contributed by atoms with Gasteiger partial charge in [0.25, 0.3) is 0 Å². The van der Waals surface area contributed by atoms with E-state index < -0.39 is 5.54 Å². The summed E-state index contributed by atoms with van der Waals surface area (Å²) in [4.78, 5) is 5.24. The summed E-state index contributed by atoms with van der Waals surface area (Å²) < 4.78 is 5.66. The third kappa shape index (κ3) is 3.15. The molecule has 1 N–H and O–H groups in total. The van der Waals surface area contributed by atoms with Gasteiger partial charge in [-0.2, -0.15) is 0 Å². The topological polar surface area (TPSA) is 33.6 Å². The van der Waals surface area contributed by atoms with Crippen LogP contribution in [-0.2, 0) is 16.7 Å². The molecular weight excluding hydrogens is 344 g/mol. The van der Waals surface area contributed by atoms with E-state index in [0.29, 0.717) is 0 Å². The molecule has 0 aromatic heterocycles. The molecule has 2 aliphatic rings. The number of fused-ring (bicyclic) bond motifs is 1. The van der Waals surface area contributed by atoms with Crippen LogP contribution in [-0.4, -0.2) is 19.0 Å². The predicted octanol–water partition coefficient (Wildman–Crippen LogP) is 5.44. The van der Waals surface area contributed by atoms with Crippen molar-refractivity contribution in [1.82, 2.24) is 0 Å². The molecule has 1 fully saturated rings. The highest BCUT2D eigenvalue weighted by Gasteiger charge is 2.42. The molecular formula is C22H25ClN2O. The van der Waals surface area contributed by atoms with Gasteiger partial charge in [-0.3, -0.25) is 4.99 Å². The van der Waals surface area contributed by atoms with Gasteiger partial charge in [0.05, 0.1) is 5.54 Å². The molecule has 2 aromatic rings. The van der Waals surface area contributed by atoms with Crippen molar-refractivity contribution >= 4 is 23.1 Å². The number of anilines is 1. The van der Waals surface area contributed by atoms with Crippen molar-refractivity contribution in [3.8, 4) is 0 Å². The summed E-state index contributed by atoms with van der Waals surface area (Å²) in [6.45, 7) is 5.84. The van der Waals surface area contributed by atoms with Crippen molar-refractivity contribution in [2.24, 2.45) is 10.4 Å². The zero-order valence-electron chi connectivity index (χ0n) is 15.4. The molecule has 3 nitrogen and oxygen atoms in total. The molecule has 0 radical (unpaired) electrons. The molecule has 4 heteroatoms. The number of halogens is 1. The fraction of sp³-hybridized carbons (Fsp3) is 0.409. The summed E-state index contributed by atoms with van der Waals surface area (Å²) in [7, 11) is 0. The van der Waals surface area contributed by atoms with Gasteiger partial charge in [0.1, 0.15) is 5.84 Å². The summed E-state index contributed by atoms with van der Waals surface area (Å²) in [5, 5.41) is 4.42. The summed E-state index contributed by atoms with van der Waals surface area (Å²) in [5.74, 6) is 1.07. The van der Waals surface area contributed by atoms with Crippen molar-refractivity contribution in [1.29, 1.82) is 0 Å². The molecule has 136 valence electrons. The lowest BCUT2D eigenvalue weighted by Gasteiger charge is -2.43. The maximum absolute atomic E-state index is 6.48. The fourth-order valence-corrected chi connectivity index (χ4v) is 4.49. The SMILES string of the molecule is CC(C)(N=C1Nc2ccccc2CC12CCOCC2)c1ccccc1Cl. The molecule has 2 heterocycles. The number of para-hydroxylation sites is 1. The van der Waals surface area contributed by atoms with Crippen molar-refractivity contribution in [2.75, 3.05) is 18.5 Å². The second kappa shape index (κ2) is 6.71. The van der Waals surface area contributed by atoms with Gasteiger partial charge in [-0.25, -0.2) is 0 Å². The van der Waals surface area contributed by atoms with Gasteiger partial charge in [-0.1, -0.05) is 48.0 Å². The predicted molar refractivity (Wildman–Crippen MR) is 108 cm³/mol. The number of hydrogen-bond acceptors (Lipinski definition) is 2. The molecule has 0 saturated carbocycles. The lowest BCUT2D eigenvalue weighted by Crippen LogP contribution is -2.46. The highest BCUT2D eigenvalue weighted by atomic mass is 35.5. The van der Waals surface area contributed by atoms with E-state index in [2.05, 4.69) is 49.5 Å². The van der Waals surface area contributed by atoms with Crippen molar-refractivity contribution in [3.05, 3.63) is 64.7 Å². The number of benzene rings is 2. The van der Waals surface area contributed by atoms with E-state index >= 15 is 0 Å². The third-order valence-electron chi connectivity index (χ3n) is 5.68. The first kappa shape index (κ1) is 17.6. The maximum Gasteiger partial charge on any atom is 0.109 e. The molecule has 0 atom stereocenters. The number of hydrogen-bond donors (Lipinski definition) is 1. The first-order valence-corrected chi connectivity index (χ1v) is 9.66. The summed E-state index contributed by atoms with van der Waals surface area (Å²) in [6.07, 6.45) is 2.99. The smallest absolute Gasteiger partial charge is 0.109 e. The number of aliphatic imine (C=N–C) groups is 1. The Balaban J connectivity index is 1.79. The Hall–Kier alpha value is -1.84. The molecule has 0 aliphatic carbocycles. The van der Waals surface area contributed by atoms with E-state index in [0.717, 1.165) is 48.9 Å². The lowest BCUT2D eigenvalue weighted by atomic mass is 9.71. The number of amidine groups is 1. The Morgan fingerprint density at radius 3 is 2.50 bits per heavy atom. The van der Waals surface area contributed by atoms with Gasteiger partial charge in [-0.15, -0.1) is 0 Å². The van der Waals surface area contributed by atoms with Crippen LogP contribution in [0.4, 0.5) is 5.69 Å². The zero-order valence-corrected chi connectivity index (χ0v) is 16.1. The number of rotatable bonds is 2. The molecule has 0 unspecified atom stereocenters. The third-order valence-corrected chi connectivity index (χ3v) is 6.01. The average Bonchev–Trinajstić information content (AvgIpc) is 2.63. The molecule has 2 aromatic carbocycles. The molecule has 0 amide bonds. The second-order valence-electron chi connectivity index (χ2n) is 7.85. The van der Waals surface area contributed by atoms with Crippen LogP contribution in [0.1, 0.15) is 37.8 Å². The van der Waals surface area contributed by atoms with Gasteiger partial charge in [0.2, 0.25) is 0 Å². The van der Waals surface area contributed by atoms with E-state index in [4.69, 9.17) is 21.3 Å². The van der Waals surface area contributed by atoms with Crippen molar-refractivity contribution in [3.63, 3.8) is 0 Å². The Morgan fingerprint density at radius 2 is 1.73 bits per heavy atom. The van der Waals surface area contributed by atoms with E-state index in [9.17, 15) is 0 Å². The molecule has 0 bridgehead atoms. The van der Waals surface area contributed by atoms with Gasteiger partial charge >= 0.3 is 0 Å². The molecule has 4 rings (SSSR count). The highest BCUT2D eigenvalue weighted by Crippen LogP contribution is 2.43. The van der Waals surface area contributed by atoms with E-state index in [1.807, 2.05) is 18.2 Å². The zero-order chi connectivity index (χ0) is 18.2. The van der Waals surface area contributed by atoms with Crippen LogP contribution >= 0.6 is 11.6 Å². The average molecular weight is 369 g/mol. The highest BCUT2D eigenvalue weighted by molar-refractivity contribution is 6.31. The van der Waals surface area contributed by atoms with Crippen LogP contribution in [0.15, 0.2) is 53.5 Å². The minimum atomic E-state index is -0.404. The standard InChI is InChI=1S/C22H25ClN2O/c1-21(2,17-8-4-5-9-18(17)23)25-20-22(11-13-26-14-12-22)15-16-7-3-6-10-19(16)24-20/h3-10H,11-15H2,1-2H3,(H,24,25). The van der Waals surface area contributed by atoms with Crippen LogP contribution in [0, 0.1) is 5.41 Å². The Morgan fingerprint density at radius 1 is 1.04 bits per heavy atom. The van der Waals surface area contributed by atoms with E-state index in [-0.39, 0.29) is 5.41 Å². The lowest BCUT2D eigenvalue weighted by molar-refractivity contribution is 0.0446. The number of nitrogens with one attached hydrogen (secondary N) is 1. The quantitative estimate of drug-likeness (QED) is 0.765. The summed E-state index contributed by atoms with van der Waals surface area (Å²) in [6, 6.07) is 16.5. The molecule has 1 saturated heterocycles. The second-order valence-corrected chi connectivity index (χ2v) is 8.26. The minimum Gasteiger partial charge on any atom is -0.381 e. The van der Waals surface area contributed by atoms with Crippen LogP contribution in [0.3, 0.4) is 0 Å². The van der Waals surface area contributed by atoms with Crippen LogP contribution in [0.2, 0.25) is 5.02 Å². The van der Waals surface area contributed by atoms with Gasteiger partial charge < -0.3 is 10.1 Å².